The second-order valence-electron chi connectivity index (χ2n) is 4.27. The number of nitrogens with one attached hydrogen (secondary N) is 1. The smallest absolute Gasteiger partial charge is 0.0614 e. The maximum absolute atomic E-state index is 5.99. The Bertz CT molecular complexity index is 582. The number of halogens is 3. The molecule has 0 radical (unpaired) electrons. The number of benzene rings is 2. The fraction of sp³-hybridized carbons (Fsp3) is 0.143. The summed E-state index contributed by atoms with van der Waals surface area (Å²) in [5, 5.41) is 4.94. The molecular formula is C14H13Cl3N2. The molecule has 0 amide bonds. The predicted molar refractivity (Wildman–Crippen MR) is 84.4 cm³/mol. The van der Waals surface area contributed by atoms with Crippen LogP contribution in [0.2, 0.25) is 15.1 Å². The van der Waals surface area contributed by atoms with Crippen molar-refractivity contribution in [1.29, 1.82) is 0 Å². The quantitative estimate of drug-likeness (QED) is 0.744. The second kappa shape index (κ2) is 5.91. The molecule has 2 aromatic rings. The number of nitrogen functional groups attached to an aromatic ring is 1. The van der Waals surface area contributed by atoms with Gasteiger partial charge in [0.1, 0.15) is 0 Å². The summed E-state index contributed by atoms with van der Waals surface area (Å²) in [5.41, 5.74) is 8.35. The highest BCUT2D eigenvalue weighted by Gasteiger charge is 2.09. The molecule has 0 saturated carbocycles. The lowest BCUT2D eigenvalue weighted by atomic mass is 10.1. The predicted octanol–water partition coefficient (Wildman–Crippen LogP) is 5.40. The van der Waals surface area contributed by atoms with Crippen molar-refractivity contribution in [2.45, 2.75) is 13.0 Å². The molecule has 0 fully saturated rings. The summed E-state index contributed by atoms with van der Waals surface area (Å²) in [4.78, 5) is 0. The zero-order valence-electron chi connectivity index (χ0n) is 10.3. The molecule has 100 valence electrons. The molecule has 2 aromatic carbocycles. The molecule has 0 aliphatic rings. The number of hydrogen-bond donors (Lipinski definition) is 2. The zero-order valence-corrected chi connectivity index (χ0v) is 12.5. The van der Waals surface area contributed by atoms with Crippen molar-refractivity contribution in [2.75, 3.05) is 11.1 Å². The molecule has 0 heterocycles. The van der Waals surface area contributed by atoms with Crippen molar-refractivity contribution in [2.24, 2.45) is 0 Å². The van der Waals surface area contributed by atoms with E-state index in [1.54, 1.807) is 12.1 Å². The molecule has 0 aliphatic heterocycles. The maximum Gasteiger partial charge on any atom is 0.0614 e. The van der Waals surface area contributed by atoms with Crippen molar-refractivity contribution in [3.05, 3.63) is 57.0 Å². The average molecular weight is 316 g/mol. The van der Waals surface area contributed by atoms with E-state index in [0.717, 1.165) is 11.3 Å². The highest BCUT2D eigenvalue weighted by Crippen LogP contribution is 2.32. The van der Waals surface area contributed by atoms with E-state index >= 15 is 0 Å². The van der Waals surface area contributed by atoms with Gasteiger partial charge in [-0.1, -0.05) is 46.9 Å². The summed E-state index contributed by atoms with van der Waals surface area (Å²) >= 11 is 17.8. The van der Waals surface area contributed by atoms with Gasteiger partial charge in [-0.15, -0.1) is 0 Å². The minimum absolute atomic E-state index is 0.0804. The highest BCUT2D eigenvalue weighted by atomic mass is 35.5. The fourth-order valence-electron chi connectivity index (χ4n) is 1.76. The van der Waals surface area contributed by atoms with Crippen molar-refractivity contribution in [3.63, 3.8) is 0 Å². The first-order valence-electron chi connectivity index (χ1n) is 5.74. The number of nitrogens with two attached hydrogens (primary N) is 1. The molecule has 5 heteroatoms. The van der Waals surface area contributed by atoms with E-state index < -0.39 is 0 Å². The number of anilines is 2. The molecule has 0 aromatic heterocycles. The van der Waals surface area contributed by atoms with E-state index in [0.29, 0.717) is 20.8 Å². The highest BCUT2D eigenvalue weighted by molar-refractivity contribution is 6.42. The molecule has 0 bridgehead atoms. The van der Waals surface area contributed by atoms with Crippen LogP contribution in [0.25, 0.3) is 0 Å². The van der Waals surface area contributed by atoms with Crippen molar-refractivity contribution >= 4 is 46.2 Å². The SMILES string of the molecule is CC(Nc1cc(Cl)c(Cl)cc1N)c1ccc(Cl)cc1. The van der Waals surface area contributed by atoms with Gasteiger partial charge < -0.3 is 11.1 Å². The third-order valence-electron chi connectivity index (χ3n) is 2.83. The lowest BCUT2D eigenvalue weighted by Gasteiger charge is -2.18. The van der Waals surface area contributed by atoms with Crippen molar-refractivity contribution in [3.8, 4) is 0 Å². The summed E-state index contributed by atoms with van der Waals surface area (Å²) in [6.07, 6.45) is 0. The Balaban J connectivity index is 2.21. The van der Waals surface area contributed by atoms with Crippen molar-refractivity contribution < 1.29 is 0 Å². The Morgan fingerprint density at radius 2 is 1.58 bits per heavy atom. The minimum atomic E-state index is 0.0804. The first kappa shape index (κ1) is 14.3. The van der Waals surface area contributed by atoms with Crippen LogP contribution in [0.5, 0.6) is 0 Å². The first-order chi connectivity index (χ1) is 8.97. The van der Waals surface area contributed by atoms with Gasteiger partial charge in [0, 0.05) is 11.1 Å². The largest absolute Gasteiger partial charge is 0.397 e. The Labute approximate surface area is 127 Å². The Kier molecular flexibility index (Phi) is 4.46. The molecular weight excluding hydrogens is 303 g/mol. The molecule has 2 rings (SSSR count). The molecule has 0 saturated heterocycles. The van der Waals surface area contributed by atoms with Crippen LogP contribution in [-0.4, -0.2) is 0 Å². The summed E-state index contributed by atoms with van der Waals surface area (Å²) in [7, 11) is 0. The average Bonchev–Trinajstić information content (AvgIpc) is 2.36. The summed E-state index contributed by atoms with van der Waals surface area (Å²) in [5.74, 6) is 0. The Morgan fingerprint density at radius 1 is 1.00 bits per heavy atom. The van der Waals surface area contributed by atoms with E-state index in [1.807, 2.05) is 31.2 Å². The van der Waals surface area contributed by atoms with E-state index in [-0.39, 0.29) is 6.04 Å². The van der Waals surface area contributed by atoms with Gasteiger partial charge in [-0.25, -0.2) is 0 Å². The van der Waals surface area contributed by atoms with Gasteiger partial charge >= 0.3 is 0 Å². The molecule has 3 N–H and O–H groups in total. The lowest BCUT2D eigenvalue weighted by molar-refractivity contribution is 0.885. The monoisotopic (exact) mass is 314 g/mol. The van der Waals surface area contributed by atoms with Gasteiger partial charge in [-0.2, -0.15) is 0 Å². The van der Waals surface area contributed by atoms with Crippen LogP contribution in [-0.2, 0) is 0 Å². The van der Waals surface area contributed by atoms with Crippen LogP contribution in [0, 0.1) is 0 Å². The third kappa shape index (κ3) is 3.47. The topological polar surface area (TPSA) is 38.0 Å². The van der Waals surface area contributed by atoms with Crippen LogP contribution in [0.3, 0.4) is 0 Å². The number of hydrogen-bond acceptors (Lipinski definition) is 2. The second-order valence-corrected chi connectivity index (χ2v) is 5.52. The van der Waals surface area contributed by atoms with Gasteiger partial charge in [-0.3, -0.25) is 0 Å². The van der Waals surface area contributed by atoms with Gasteiger partial charge in [0.15, 0.2) is 0 Å². The molecule has 1 unspecified atom stereocenters. The van der Waals surface area contributed by atoms with Crippen molar-refractivity contribution in [1.82, 2.24) is 0 Å². The number of rotatable bonds is 3. The summed E-state index contributed by atoms with van der Waals surface area (Å²) < 4.78 is 0. The van der Waals surface area contributed by atoms with Gasteiger partial charge in [0.2, 0.25) is 0 Å². The Hall–Kier alpha value is -1.09. The third-order valence-corrected chi connectivity index (χ3v) is 3.81. The molecule has 0 aliphatic carbocycles. The van der Waals surface area contributed by atoms with Crippen LogP contribution < -0.4 is 11.1 Å². The summed E-state index contributed by atoms with van der Waals surface area (Å²) in [6, 6.07) is 11.1. The maximum atomic E-state index is 5.99. The first-order valence-corrected chi connectivity index (χ1v) is 6.87. The molecule has 0 spiro atoms. The van der Waals surface area contributed by atoms with Crippen LogP contribution in [0.1, 0.15) is 18.5 Å². The standard InChI is InChI=1S/C14H13Cl3N2/c1-8(9-2-4-10(15)5-3-9)19-14-7-12(17)11(16)6-13(14)18/h2-8,19H,18H2,1H3. The molecule has 1 atom stereocenters. The Morgan fingerprint density at radius 3 is 2.21 bits per heavy atom. The van der Waals surface area contributed by atoms with Crippen LogP contribution >= 0.6 is 34.8 Å². The van der Waals surface area contributed by atoms with Gasteiger partial charge in [-0.05, 0) is 36.8 Å². The van der Waals surface area contributed by atoms with E-state index in [4.69, 9.17) is 40.5 Å². The normalized spacial score (nSPS) is 12.2. The minimum Gasteiger partial charge on any atom is -0.397 e. The lowest BCUT2D eigenvalue weighted by Crippen LogP contribution is -2.08. The zero-order chi connectivity index (χ0) is 14.0. The molecule has 19 heavy (non-hydrogen) atoms. The van der Waals surface area contributed by atoms with E-state index in [1.165, 1.54) is 0 Å². The molecule has 2 nitrogen and oxygen atoms in total. The summed E-state index contributed by atoms with van der Waals surface area (Å²) in [6.45, 7) is 2.03. The van der Waals surface area contributed by atoms with E-state index in [2.05, 4.69) is 5.32 Å². The van der Waals surface area contributed by atoms with Gasteiger partial charge in [0.05, 0.1) is 21.4 Å². The fourth-order valence-corrected chi connectivity index (χ4v) is 2.22. The van der Waals surface area contributed by atoms with Gasteiger partial charge in [0.25, 0.3) is 0 Å². The van der Waals surface area contributed by atoms with Crippen LogP contribution in [0.4, 0.5) is 11.4 Å². The van der Waals surface area contributed by atoms with Crippen LogP contribution in [0.15, 0.2) is 36.4 Å². The van der Waals surface area contributed by atoms with E-state index in [9.17, 15) is 0 Å².